The summed E-state index contributed by atoms with van der Waals surface area (Å²) in [4.78, 5) is 37.2. The first-order valence-corrected chi connectivity index (χ1v) is 6.80. The molecule has 0 unspecified atom stereocenters. The third-order valence-corrected chi connectivity index (χ3v) is 3.63. The number of rotatable bonds is 3. The molecule has 1 fully saturated rings. The minimum absolute atomic E-state index is 0.0997. The number of carbonyl (C=O) groups excluding carboxylic acids is 2. The fourth-order valence-corrected chi connectivity index (χ4v) is 2.28. The summed E-state index contributed by atoms with van der Waals surface area (Å²) in [5.74, 6) is -1.43. The number of benzene rings is 1. The number of imide groups is 1. The normalized spacial score (nSPS) is 15.2. The molecule has 2 amide bonds. The molecule has 2 aromatic rings. The Morgan fingerprint density at radius 2 is 1.91 bits per heavy atom. The van der Waals surface area contributed by atoms with Crippen molar-refractivity contribution in [3.63, 3.8) is 0 Å². The van der Waals surface area contributed by atoms with Crippen molar-refractivity contribution >= 4 is 23.5 Å². The summed E-state index contributed by atoms with van der Waals surface area (Å²) in [6.07, 6.45) is 0. The number of hydrogen-bond acceptors (Lipinski definition) is 6. The Balaban J connectivity index is 1.89. The van der Waals surface area contributed by atoms with Crippen LogP contribution in [-0.4, -0.2) is 53.1 Å². The van der Waals surface area contributed by atoms with Crippen LogP contribution in [0.25, 0.3) is 11.3 Å². The van der Waals surface area contributed by atoms with Crippen LogP contribution in [0.3, 0.4) is 0 Å². The third-order valence-electron chi connectivity index (χ3n) is 3.63. The molecule has 118 valence electrons. The Morgan fingerprint density at radius 3 is 2.52 bits per heavy atom. The van der Waals surface area contributed by atoms with Gasteiger partial charge in [-0.2, -0.15) is 0 Å². The van der Waals surface area contributed by atoms with E-state index < -0.39 is 5.97 Å². The summed E-state index contributed by atoms with van der Waals surface area (Å²) >= 11 is 0. The largest absolute Gasteiger partial charge is 0.476 e. The van der Waals surface area contributed by atoms with Crippen molar-refractivity contribution in [2.75, 3.05) is 25.0 Å². The molecule has 8 heteroatoms. The monoisotopic (exact) mass is 315 g/mol. The predicted molar refractivity (Wildman–Crippen MR) is 78.9 cm³/mol. The molecular formula is C15H13N3O5. The molecular weight excluding hydrogens is 302 g/mol. The summed E-state index contributed by atoms with van der Waals surface area (Å²) < 4.78 is 5.02. The maximum atomic E-state index is 11.8. The second-order valence-corrected chi connectivity index (χ2v) is 5.13. The van der Waals surface area contributed by atoms with Crippen molar-refractivity contribution in [1.29, 1.82) is 0 Å². The van der Waals surface area contributed by atoms with E-state index in [1.54, 1.807) is 29.2 Å². The molecule has 2 heterocycles. The van der Waals surface area contributed by atoms with Crippen LogP contribution in [0.4, 0.5) is 5.69 Å². The number of piperazine rings is 1. The van der Waals surface area contributed by atoms with Gasteiger partial charge in [-0.25, -0.2) is 4.79 Å². The molecule has 0 atom stereocenters. The average Bonchev–Trinajstić information content (AvgIpc) is 3.02. The maximum absolute atomic E-state index is 11.8. The van der Waals surface area contributed by atoms with Gasteiger partial charge in [0.05, 0.1) is 13.1 Å². The average molecular weight is 315 g/mol. The molecule has 0 aliphatic carbocycles. The van der Waals surface area contributed by atoms with Crippen molar-refractivity contribution in [2.24, 2.45) is 0 Å². The van der Waals surface area contributed by atoms with E-state index in [0.717, 1.165) is 4.90 Å². The van der Waals surface area contributed by atoms with E-state index in [1.807, 2.05) is 0 Å². The van der Waals surface area contributed by atoms with E-state index in [1.165, 1.54) is 13.1 Å². The number of likely N-dealkylation sites (N-methyl/N-ethyl adjacent to an activating group) is 1. The Labute approximate surface area is 130 Å². The number of anilines is 1. The summed E-state index contributed by atoms with van der Waals surface area (Å²) in [7, 11) is 1.46. The number of nitrogens with zero attached hydrogens (tertiary/aromatic N) is 3. The van der Waals surface area contributed by atoms with Gasteiger partial charge in [0, 0.05) is 24.4 Å². The van der Waals surface area contributed by atoms with Crippen LogP contribution in [0, 0.1) is 0 Å². The SMILES string of the molecule is CN1C(=O)CN(c2cccc(-c3cc(C(=O)O)no3)c2)CC1=O. The molecule has 23 heavy (non-hydrogen) atoms. The van der Waals surface area contributed by atoms with Gasteiger partial charge in [0.15, 0.2) is 11.5 Å². The highest BCUT2D eigenvalue weighted by atomic mass is 16.5. The molecule has 0 spiro atoms. The quantitative estimate of drug-likeness (QED) is 0.837. The van der Waals surface area contributed by atoms with Crippen molar-refractivity contribution < 1.29 is 24.0 Å². The van der Waals surface area contributed by atoms with Gasteiger partial charge in [-0.3, -0.25) is 14.5 Å². The highest BCUT2D eigenvalue weighted by molar-refractivity contribution is 6.02. The van der Waals surface area contributed by atoms with Crippen molar-refractivity contribution in [2.45, 2.75) is 0 Å². The molecule has 1 aliphatic heterocycles. The van der Waals surface area contributed by atoms with Gasteiger partial charge in [0.25, 0.3) is 0 Å². The molecule has 1 aromatic carbocycles. The fraction of sp³-hybridized carbons (Fsp3) is 0.200. The van der Waals surface area contributed by atoms with E-state index in [-0.39, 0.29) is 30.6 Å². The molecule has 3 rings (SSSR count). The van der Waals surface area contributed by atoms with Gasteiger partial charge >= 0.3 is 5.97 Å². The molecule has 1 aromatic heterocycles. The Morgan fingerprint density at radius 1 is 1.22 bits per heavy atom. The van der Waals surface area contributed by atoms with Crippen LogP contribution in [0.2, 0.25) is 0 Å². The Hall–Kier alpha value is -3.16. The number of aromatic carboxylic acids is 1. The van der Waals surface area contributed by atoms with Crippen molar-refractivity contribution in [1.82, 2.24) is 10.1 Å². The van der Waals surface area contributed by atoms with E-state index in [9.17, 15) is 14.4 Å². The van der Waals surface area contributed by atoms with Gasteiger partial charge in [0.1, 0.15) is 0 Å². The zero-order valence-electron chi connectivity index (χ0n) is 12.2. The van der Waals surface area contributed by atoms with Crippen LogP contribution in [0.1, 0.15) is 10.5 Å². The van der Waals surface area contributed by atoms with Crippen molar-refractivity contribution in [3.05, 3.63) is 36.0 Å². The Kier molecular flexibility index (Phi) is 3.57. The molecule has 0 saturated carbocycles. The lowest BCUT2D eigenvalue weighted by molar-refractivity contribution is -0.143. The number of aromatic nitrogens is 1. The number of carboxylic acid groups (broad SMARTS) is 1. The summed E-state index contributed by atoms with van der Waals surface area (Å²) in [6.45, 7) is 0.199. The lowest BCUT2D eigenvalue weighted by Gasteiger charge is -2.32. The standard InChI is InChI=1S/C15H13N3O5/c1-17-13(19)7-18(8-14(17)20)10-4-2-3-9(5-10)12-6-11(15(21)22)16-23-12/h2-6H,7-8H2,1H3,(H,21,22). The van der Waals surface area contributed by atoms with Gasteiger partial charge in [-0.05, 0) is 12.1 Å². The number of amides is 2. The van der Waals surface area contributed by atoms with Crippen LogP contribution in [0.5, 0.6) is 0 Å². The lowest BCUT2D eigenvalue weighted by atomic mass is 10.1. The molecule has 1 N–H and O–H groups in total. The van der Waals surface area contributed by atoms with Crippen LogP contribution < -0.4 is 4.90 Å². The smallest absolute Gasteiger partial charge is 0.358 e. The van der Waals surface area contributed by atoms with Crippen molar-refractivity contribution in [3.8, 4) is 11.3 Å². The predicted octanol–water partition coefficient (Wildman–Crippen LogP) is 0.845. The number of carbonyl (C=O) groups is 3. The molecule has 8 nitrogen and oxygen atoms in total. The molecule has 0 radical (unpaired) electrons. The van der Waals surface area contributed by atoms with E-state index in [2.05, 4.69) is 5.16 Å². The van der Waals surface area contributed by atoms with Gasteiger partial charge in [0.2, 0.25) is 11.8 Å². The van der Waals surface area contributed by atoms with E-state index >= 15 is 0 Å². The van der Waals surface area contributed by atoms with Crippen LogP contribution in [-0.2, 0) is 9.59 Å². The van der Waals surface area contributed by atoms with Gasteiger partial charge in [-0.1, -0.05) is 17.3 Å². The number of carboxylic acids is 1. The summed E-state index contributed by atoms with van der Waals surface area (Å²) in [5.41, 5.74) is 1.10. The lowest BCUT2D eigenvalue weighted by Crippen LogP contribution is -2.52. The van der Waals surface area contributed by atoms with Gasteiger partial charge < -0.3 is 14.5 Å². The maximum Gasteiger partial charge on any atom is 0.358 e. The first-order chi connectivity index (χ1) is 11.0. The summed E-state index contributed by atoms with van der Waals surface area (Å²) in [5, 5.41) is 12.3. The van der Waals surface area contributed by atoms with E-state index in [0.29, 0.717) is 17.0 Å². The molecule has 0 bridgehead atoms. The zero-order valence-corrected chi connectivity index (χ0v) is 12.2. The first kappa shape index (κ1) is 14.8. The third kappa shape index (κ3) is 2.78. The Bertz CT molecular complexity index is 780. The second kappa shape index (κ2) is 5.56. The molecule has 1 aliphatic rings. The second-order valence-electron chi connectivity index (χ2n) is 5.13. The topological polar surface area (TPSA) is 104 Å². The molecule has 1 saturated heterocycles. The zero-order chi connectivity index (χ0) is 16.6. The summed E-state index contributed by atoms with van der Waals surface area (Å²) in [6, 6.07) is 8.28. The number of hydrogen-bond donors (Lipinski definition) is 1. The highest BCUT2D eigenvalue weighted by Gasteiger charge is 2.28. The fourth-order valence-electron chi connectivity index (χ4n) is 2.28. The van der Waals surface area contributed by atoms with Crippen LogP contribution >= 0.6 is 0 Å². The van der Waals surface area contributed by atoms with E-state index in [4.69, 9.17) is 9.63 Å². The minimum atomic E-state index is -1.17. The highest BCUT2D eigenvalue weighted by Crippen LogP contribution is 2.26. The van der Waals surface area contributed by atoms with Crippen LogP contribution in [0.15, 0.2) is 34.9 Å². The van der Waals surface area contributed by atoms with Gasteiger partial charge in [-0.15, -0.1) is 0 Å². The minimum Gasteiger partial charge on any atom is -0.476 e. The first-order valence-electron chi connectivity index (χ1n) is 6.80.